The lowest BCUT2D eigenvalue weighted by Gasteiger charge is -2.07. The molecule has 0 aliphatic rings. The molecule has 96 valence electrons. The van der Waals surface area contributed by atoms with E-state index in [2.05, 4.69) is 19.1 Å². The predicted octanol–water partition coefficient (Wildman–Crippen LogP) is 1.55. The molecule has 0 saturated carbocycles. The predicted molar refractivity (Wildman–Crippen MR) is 68.7 cm³/mol. The molecule has 0 spiro atoms. The minimum atomic E-state index is -0.969. The highest BCUT2D eigenvalue weighted by molar-refractivity contribution is 7.00. The van der Waals surface area contributed by atoms with Crippen LogP contribution in [-0.4, -0.2) is 34.8 Å². The van der Waals surface area contributed by atoms with Crippen molar-refractivity contribution in [1.29, 1.82) is 0 Å². The molecule has 9 heteroatoms. The molecule has 2 heterocycles. The highest BCUT2D eigenvalue weighted by atomic mass is 35.5. The van der Waals surface area contributed by atoms with Gasteiger partial charge in [0.15, 0.2) is 0 Å². The number of aliphatic carboxylic acids is 1. The molecule has 3 rings (SSSR count). The molecule has 0 aliphatic heterocycles. The molecule has 0 atom stereocenters. The molecule has 0 aliphatic carbocycles. The van der Waals surface area contributed by atoms with Gasteiger partial charge in [-0.05, 0) is 12.1 Å². The van der Waals surface area contributed by atoms with Crippen LogP contribution < -0.4 is 0 Å². The second-order valence-corrected chi connectivity index (χ2v) is 4.67. The van der Waals surface area contributed by atoms with E-state index < -0.39 is 5.97 Å². The summed E-state index contributed by atoms with van der Waals surface area (Å²) in [5, 5.41) is 16.9. The van der Waals surface area contributed by atoms with Crippen LogP contribution in [0.5, 0.6) is 0 Å². The number of benzene rings is 1. The van der Waals surface area contributed by atoms with Crippen LogP contribution in [-0.2, 0) is 11.2 Å². The van der Waals surface area contributed by atoms with Crippen molar-refractivity contribution in [2.75, 3.05) is 0 Å². The second kappa shape index (κ2) is 4.56. The van der Waals surface area contributed by atoms with Crippen molar-refractivity contribution in [2.24, 2.45) is 0 Å². The van der Waals surface area contributed by atoms with Crippen molar-refractivity contribution in [2.45, 2.75) is 6.42 Å². The van der Waals surface area contributed by atoms with Crippen molar-refractivity contribution in [3.63, 3.8) is 0 Å². The Balaban J connectivity index is 2.24. The number of fused-ring (bicyclic) bond motifs is 1. The van der Waals surface area contributed by atoms with Crippen molar-refractivity contribution in [3.8, 4) is 5.69 Å². The van der Waals surface area contributed by atoms with Crippen LogP contribution in [0.25, 0.3) is 16.7 Å². The number of halogens is 1. The number of carboxylic acid groups (broad SMARTS) is 1. The molecule has 0 bridgehead atoms. The summed E-state index contributed by atoms with van der Waals surface area (Å²) in [6.45, 7) is 0. The molecule has 0 saturated heterocycles. The lowest BCUT2D eigenvalue weighted by atomic mass is 10.2. The molecule has 7 nitrogen and oxygen atoms in total. The van der Waals surface area contributed by atoms with E-state index >= 15 is 0 Å². The third kappa shape index (κ3) is 2.04. The van der Waals surface area contributed by atoms with Gasteiger partial charge in [0.1, 0.15) is 16.7 Å². The zero-order chi connectivity index (χ0) is 13.4. The minimum Gasteiger partial charge on any atom is -0.481 e. The molecule has 19 heavy (non-hydrogen) atoms. The van der Waals surface area contributed by atoms with Gasteiger partial charge in [0, 0.05) is 0 Å². The summed E-state index contributed by atoms with van der Waals surface area (Å²) in [5.41, 5.74) is 2.19. The van der Waals surface area contributed by atoms with Gasteiger partial charge in [-0.15, -0.1) is 5.10 Å². The number of carboxylic acids is 1. The zero-order valence-corrected chi connectivity index (χ0v) is 10.9. The van der Waals surface area contributed by atoms with Crippen LogP contribution in [0.2, 0.25) is 5.02 Å². The second-order valence-electron chi connectivity index (χ2n) is 3.74. The van der Waals surface area contributed by atoms with Gasteiger partial charge in [0.05, 0.1) is 35.1 Å². The summed E-state index contributed by atoms with van der Waals surface area (Å²) in [4.78, 5) is 10.8. The van der Waals surface area contributed by atoms with Gasteiger partial charge < -0.3 is 5.11 Å². The van der Waals surface area contributed by atoms with E-state index in [1.54, 1.807) is 12.1 Å². The van der Waals surface area contributed by atoms with E-state index in [-0.39, 0.29) is 6.42 Å². The third-order valence-corrected chi connectivity index (χ3v) is 3.36. The number of hydrogen-bond acceptors (Lipinski definition) is 6. The van der Waals surface area contributed by atoms with Crippen molar-refractivity contribution >= 4 is 40.3 Å². The highest BCUT2D eigenvalue weighted by Gasteiger charge is 2.17. The van der Waals surface area contributed by atoms with Gasteiger partial charge >= 0.3 is 5.97 Å². The van der Waals surface area contributed by atoms with Gasteiger partial charge in [-0.25, -0.2) is 4.68 Å². The molecule has 2 aromatic heterocycles. The molecular weight excluding hydrogens is 290 g/mol. The molecule has 1 N–H and O–H groups in total. The van der Waals surface area contributed by atoms with E-state index in [1.807, 2.05) is 0 Å². The van der Waals surface area contributed by atoms with Gasteiger partial charge in [0.25, 0.3) is 0 Å². The Bertz CT molecular complexity index is 768. The monoisotopic (exact) mass is 295 g/mol. The summed E-state index contributed by atoms with van der Waals surface area (Å²) in [6.07, 6.45) is 1.19. The topological polar surface area (TPSA) is 93.8 Å². The first kappa shape index (κ1) is 12.0. The van der Waals surface area contributed by atoms with E-state index in [0.29, 0.717) is 27.4 Å². The molecule has 1 aromatic carbocycles. The average Bonchev–Trinajstić information content (AvgIpc) is 2.97. The maximum Gasteiger partial charge on any atom is 0.309 e. The molecule has 0 radical (unpaired) electrons. The van der Waals surface area contributed by atoms with Gasteiger partial charge in [0.2, 0.25) is 0 Å². The zero-order valence-electron chi connectivity index (χ0n) is 9.32. The Morgan fingerprint density at radius 2 is 2.26 bits per heavy atom. The first-order valence-electron chi connectivity index (χ1n) is 5.19. The minimum absolute atomic E-state index is 0.197. The Hall–Kier alpha value is -2.06. The number of nitrogens with zero attached hydrogens (tertiary/aromatic N) is 5. The van der Waals surface area contributed by atoms with Crippen LogP contribution >= 0.6 is 23.3 Å². The number of hydrogen-bond donors (Lipinski definition) is 1. The van der Waals surface area contributed by atoms with E-state index in [1.165, 1.54) is 10.9 Å². The summed E-state index contributed by atoms with van der Waals surface area (Å²) in [5.74, 6) is -0.969. The van der Waals surface area contributed by atoms with E-state index in [4.69, 9.17) is 16.7 Å². The van der Waals surface area contributed by atoms with Gasteiger partial charge in [-0.3, -0.25) is 4.79 Å². The number of aromatic nitrogens is 5. The fraction of sp³-hybridized carbons (Fsp3) is 0.100. The van der Waals surface area contributed by atoms with E-state index in [0.717, 1.165) is 11.7 Å². The molecule has 0 fully saturated rings. The van der Waals surface area contributed by atoms with Crippen molar-refractivity contribution < 1.29 is 9.90 Å². The Morgan fingerprint density at radius 3 is 3.05 bits per heavy atom. The summed E-state index contributed by atoms with van der Waals surface area (Å²) in [7, 11) is 0. The van der Waals surface area contributed by atoms with Gasteiger partial charge in [-0.1, -0.05) is 16.8 Å². The van der Waals surface area contributed by atoms with Crippen LogP contribution in [0.15, 0.2) is 18.3 Å². The molecule has 0 amide bonds. The lowest BCUT2D eigenvalue weighted by molar-refractivity contribution is -0.136. The Labute approximate surface area is 115 Å². The van der Waals surface area contributed by atoms with Crippen LogP contribution in [0.4, 0.5) is 0 Å². The first-order valence-corrected chi connectivity index (χ1v) is 6.30. The summed E-state index contributed by atoms with van der Waals surface area (Å²) in [6, 6.07) is 3.42. The maximum absolute atomic E-state index is 10.8. The molecule has 3 aromatic rings. The maximum atomic E-state index is 10.8. The SMILES string of the molecule is O=C(O)Cc1cnnn1-c1c(Cl)ccc2nsnc12. The third-order valence-electron chi connectivity index (χ3n) is 2.52. The Morgan fingerprint density at radius 1 is 1.42 bits per heavy atom. The largest absolute Gasteiger partial charge is 0.481 e. The number of carbonyl (C=O) groups is 1. The van der Waals surface area contributed by atoms with Crippen LogP contribution in [0.3, 0.4) is 0 Å². The molecule has 0 unspecified atom stereocenters. The quantitative estimate of drug-likeness (QED) is 0.788. The fourth-order valence-electron chi connectivity index (χ4n) is 1.73. The first-order chi connectivity index (χ1) is 9.16. The van der Waals surface area contributed by atoms with Crippen LogP contribution in [0, 0.1) is 0 Å². The summed E-state index contributed by atoms with van der Waals surface area (Å²) >= 11 is 7.22. The lowest BCUT2D eigenvalue weighted by Crippen LogP contribution is -2.09. The van der Waals surface area contributed by atoms with Crippen molar-refractivity contribution in [1.82, 2.24) is 23.7 Å². The highest BCUT2D eigenvalue weighted by Crippen LogP contribution is 2.28. The molecular formula is C10H6ClN5O2S. The van der Waals surface area contributed by atoms with Crippen molar-refractivity contribution in [3.05, 3.63) is 29.0 Å². The smallest absolute Gasteiger partial charge is 0.309 e. The standard InChI is InChI=1S/C10H6ClN5O2S/c11-6-1-2-7-9(14-19-13-7)10(6)16-5(3-8(17)18)4-12-15-16/h1-2,4H,3H2,(H,17,18). The fourth-order valence-corrected chi connectivity index (χ4v) is 2.51. The number of rotatable bonds is 3. The Kier molecular flexibility index (Phi) is 2.88. The summed E-state index contributed by atoms with van der Waals surface area (Å²) < 4.78 is 9.67. The van der Waals surface area contributed by atoms with Crippen LogP contribution in [0.1, 0.15) is 5.69 Å². The normalized spacial score (nSPS) is 11.0. The van der Waals surface area contributed by atoms with E-state index in [9.17, 15) is 4.79 Å². The van der Waals surface area contributed by atoms with Gasteiger partial charge in [-0.2, -0.15) is 8.75 Å². The average molecular weight is 296 g/mol.